The standard InChI is InChI=1S/C17H18N4O2S/c1-12-18-16(20-23-12)15-10-21(7-8-22-15)9-14-11-24-17(19-14)13-5-3-2-4-6-13/h2-6,11,15H,7-10H2,1H3/t15-/m0/s1. The number of nitrogens with zero attached hydrogens (tertiary/aromatic N) is 4. The zero-order chi connectivity index (χ0) is 16.4. The lowest BCUT2D eigenvalue weighted by molar-refractivity contribution is -0.0383. The van der Waals surface area contributed by atoms with Gasteiger partial charge in [0.05, 0.1) is 12.3 Å². The Hall–Kier alpha value is -2.09. The lowest BCUT2D eigenvalue weighted by Crippen LogP contribution is -2.38. The summed E-state index contributed by atoms with van der Waals surface area (Å²) in [5.41, 5.74) is 2.25. The van der Waals surface area contributed by atoms with E-state index in [-0.39, 0.29) is 6.10 Å². The number of benzene rings is 1. The maximum Gasteiger partial charge on any atom is 0.223 e. The summed E-state index contributed by atoms with van der Waals surface area (Å²) in [6, 6.07) is 10.3. The summed E-state index contributed by atoms with van der Waals surface area (Å²) in [6.45, 7) is 4.88. The van der Waals surface area contributed by atoms with E-state index in [0.29, 0.717) is 18.3 Å². The molecule has 1 atom stereocenters. The Labute approximate surface area is 144 Å². The first-order valence-electron chi connectivity index (χ1n) is 7.92. The van der Waals surface area contributed by atoms with Gasteiger partial charge >= 0.3 is 0 Å². The fourth-order valence-corrected chi connectivity index (χ4v) is 3.59. The van der Waals surface area contributed by atoms with Gasteiger partial charge in [-0.25, -0.2) is 4.98 Å². The predicted octanol–water partition coefficient (Wildman–Crippen LogP) is 3.08. The second-order valence-corrected chi connectivity index (χ2v) is 6.63. The van der Waals surface area contributed by atoms with Gasteiger partial charge in [-0.1, -0.05) is 35.5 Å². The molecule has 3 aromatic rings. The topological polar surface area (TPSA) is 64.3 Å². The highest BCUT2D eigenvalue weighted by Gasteiger charge is 2.26. The van der Waals surface area contributed by atoms with E-state index in [4.69, 9.17) is 14.2 Å². The van der Waals surface area contributed by atoms with E-state index < -0.39 is 0 Å². The monoisotopic (exact) mass is 342 g/mol. The third-order valence-electron chi connectivity index (χ3n) is 3.94. The summed E-state index contributed by atoms with van der Waals surface area (Å²) in [7, 11) is 0. The van der Waals surface area contributed by atoms with Gasteiger partial charge in [0.1, 0.15) is 11.1 Å². The molecule has 24 heavy (non-hydrogen) atoms. The predicted molar refractivity (Wildman–Crippen MR) is 90.6 cm³/mol. The molecular weight excluding hydrogens is 324 g/mol. The first-order chi connectivity index (χ1) is 11.8. The Balaban J connectivity index is 1.43. The molecule has 0 bridgehead atoms. The lowest BCUT2D eigenvalue weighted by Gasteiger charge is -2.30. The molecule has 0 aliphatic carbocycles. The van der Waals surface area contributed by atoms with Crippen molar-refractivity contribution in [1.82, 2.24) is 20.0 Å². The fraction of sp³-hybridized carbons (Fsp3) is 0.353. The van der Waals surface area contributed by atoms with Crippen LogP contribution in [0.1, 0.15) is 23.5 Å². The van der Waals surface area contributed by atoms with E-state index in [1.165, 1.54) is 0 Å². The van der Waals surface area contributed by atoms with Gasteiger partial charge in [0.25, 0.3) is 0 Å². The van der Waals surface area contributed by atoms with Crippen molar-refractivity contribution in [2.75, 3.05) is 19.7 Å². The Morgan fingerprint density at radius 1 is 1.25 bits per heavy atom. The Bertz CT molecular complexity index is 802. The van der Waals surface area contributed by atoms with Crippen molar-refractivity contribution in [3.63, 3.8) is 0 Å². The summed E-state index contributed by atoms with van der Waals surface area (Å²) in [5.74, 6) is 1.19. The maximum atomic E-state index is 5.78. The van der Waals surface area contributed by atoms with E-state index in [0.717, 1.165) is 35.9 Å². The largest absolute Gasteiger partial charge is 0.367 e. The number of aromatic nitrogens is 3. The van der Waals surface area contributed by atoms with Crippen LogP contribution >= 0.6 is 11.3 Å². The molecule has 1 aliphatic rings. The lowest BCUT2D eigenvalue weighted by atomic mass is 10.2. The quantitative estimate of drug-likeness (QED) is 0.726. The number of ether oxygens (including phenoxy) is 1. The van der Waals surface area contributed by atoms with Crippen LogP contribution in [0.25, 0.3) is 10.6 Å². The number of aryl methyl sites for hydroxylation is 1. The third-order valence-corrected chi connectivity index (χ3v) is 4.88. The first-order valence-corrected chi connectivity index (χ1v) is 8.80. The molecule has 1 aliphatic heterocycles. The van der Waals surface area contributed by atoms with Crippen molar-refractivity contribution >= 4 is 11.3 Å². The van der Waals surface area contributed by atoms with Crippen LogP contribution in [0.3, 0.4) is 0 Å². The summed E-state index contributed by atoms with van der Waals surface area (Å²) < 4.78 is 10.8. The van der Waals surface area contributed by atoms with Crippen molar-refractivity contribution in [2.24, 2.45) is 0 Å². The number of hydrogen-bond acceptors (Lipinski definition) is 7. The molecule has 1 aromatic carbocycles. The molecule has 124 valence electrons. The van der Waals surface area contributed by atoms with Crippen LogP contribution in [0.4, 0.5) is 0 Å². The van der Waals surface area contributed by atoms with Gasteiger partial charge in [-0.05, 0) is 0 Å². The Morgan fingerprint density at radius 2 is 2.12 bits per heavy atom. The fourth-order valence-electron chi connectivity index (χ4n) is 2.77. The second-order valence-electron chi connectivity index (χ2n) is 5.78. The molecule has 0 spiro atoms. The van der Waals surface area contributed by atoms with Crippen LogP contribution in [0, 0.1) is 6.92 Å². The van der Waals surface area contributed by atoms with Gasteiger partial charge in [0, 0.05) is 37.5 Å². The van der Waals surface area contributed by atoms with Gasteiger partial charge in [-0.3, -0.25) is 4.90 Å². The van der Waals surface area contributed by atoms with Crippen LogP contribution in [0.2, 0.25) is 0 Å². The van der Waals surface area contributed by atoms with Crippen LogP contribution in [-0.2, 0) is 11.3 Å². The number of thiazole rings is 1. The highest BCUT2D eigenvalue weighted by molar-refractivity contribution is 7.13. The molecule has 4 rings (SSSR count). The third kappa shape index (κ3) is 3.38. The zero-order valence-electron chi connectivity index (χ0n) is 13.4. The van der Waals surface area contributed by atoms with Crippen molar-refractivity contribution < 1.29 is 9.26 Å². The summed E-state index contributed by atoms with van der Waals surface area (Å²) in [6.07, 6.45) is -0.136. The molecule has 0 radical (unpaired) electrons. The van der Waals surface area contributed by atoms with Crippen molar-refractivity contribution in [3.8, 4) is 10.6 Å². The number of hydrogen-bond donors (Lipinski definition) is 0. The molecule has 6 nitrogen and oxygen atoms in total. The molecule has 1 saturated heterocycles. The van der Waals surface area contributed by atoms with E-state index in [9.17, 15) is 0 Å². The van der Waals surface area contributed by atoms with Crippen LogP contribution < -0.4 is 0 Å². The maximum absolute atomic E-state index is 5.78. The van der Waals surface area contributed by atoms with Crippen molar-refractivity contribution in [3.05, 3.63) is 53.1 Å². The SMILES string of the molecule is Cc1nc([C@@H]2CN(Cc3csc(-c4ccccc4)n3)CCO2)no1. The molecule has 7 heteroatoms. The molecule has 0 N–H and O–H groups in total. The summed E-state index contributed by atoms with van der Waals surface area (Å²) >= 11 is 1.68. The minimum Gasteiger partial charge on any atom is -0.367 e. The van der Waals surface area contributed by atoms with Gasteiger partial charge in [-0.15, -0.1) is 11.3 Å². The normalized spacial score (nSPS) is 18.8. The zero-order valence-corrected chi connectivity index (χ0v) is 14.2. The van der Waals surface area contributed by atoms with Crippen LogP contribution in [0.5, 0.6) is 0 Å². The first kappa shape index (κ1) is 15.4. The van der Waals surface area contributed by atoms with E-state index in [2.05, 4.69) is 32.6 Å². The van der Waals surface area contributed by atoms with Crippen molar-refractivity contribution in [2.45, 2.75) is 19.6 Å². The molecule has 3 heterocycles. The van der Waals surface area contributed by atoms with E-state index in [1.807, 2.05) is 18.2 Å². The average Bonchev–Trinajstić information content (AvgIpc) is 3.25. The van der Waals surface area contributed by atoms with Crippen LogP contribution in [-0.4, -0.2) is 39.7 Å². The van der Waals surface area contributed by atoms with Gasteiger partial charge in [0.15, 0.2) is 0 Å². The summed E-state index contributed by atoms with van der Waals surface area (Å²) in [5, 5.41) is 7.16. The van der Waals surface area contributed by atoms with Gasteiger partial charge in [0.2, 0.25) is 11.7 Å². The van der Waals surface area contributed by atoms with E-state index >= 15 is 0 Å². The van der Waals surface area contributed by atoms with Crippen molar-refractivity contribution in [1.29, 1.82) is 0 Å². The molecule has 0 unspecified atom stereocenters. The van der Waals surface area contributed by atoms with Gasteiger partial charge < -0.3 is 9.26 Å². The minimum atomic E-state index is -0.136. The molecule has 2 aromatic heterocycles. The second kappa shape index (κ2) is 6.80. The molecule has 0 amide bonds. The summed E-state index contributed by atoms with van der Waals surface area (Å²) in [4.78, 5) is 11.4. The smallest absolute Gasteiger partial charge is 0.223 e. The molecule has 1 fully saturated rings. The van der Waals surface area contributed by atoms with E-state index in [1.54, 1.807) is 18.3 Å². The van der Waals surface area contributed by atoms with Crippen LogP contribution in [0.15, 0.2) is 40.2 Å². The highest BCUT2D eigenvalue weighted by Crippen LogP contribution is 2.25. The average molecular weight is 342 g/mol. The van der Waals surface area contributed by atoms with Gasteiger partial charge in [-0.2, -0.15) is 4.98 Å². The Kier molecular flexibility index (Phi) is 4.38. The highest BCUT2D eigenvalue weighted by atomic mass is 32.1. The number of morpholine rings is 1. The Morgan fingerprint density at radius 3 is 2.92 bits per heavy atom. The molecular formula is C17H18N4O2S. The minimum absolute atomic E-state index is 0.136. The number of rotatable bonds is 4. The molecule has 0 saturated carbocycles.